The standard InChI is InChI=1S/C32H41N4O6.C31H39F2N4O6.C30H37F2N4O6.3V/c1-6-20-24(16-37)36-15-26(20)41-29-27(33-22-11-10-19(40-5)14-23(22)34-29)21-12-17(21)8-7-9-18-13-25(18)42-31(39)35-28(30(36)38)32(2,3)4;1-6-19-23(16-38)37-15-25(19)42-27-21(34-20-8-7-18(41-5)14-22(20)35-27)10-12-31(32,33)11-9-17-13-24(17)43-29(40)36-26(28(37)39)30(2,3)4;1-16-22(15-37)36-14-24(16)41-26-20(33-19-7-6-18(40-5)13-21(19)34-26)9-11-30(31,32)10-8-17-12-23(17)42-28(39)35-25(27(36)38)29(2,3)4;;;/h10-11,14,17-18,20-21,24-26,28H,6-9,12-13,15H2,1-5H3,(H,35,39);7-8,14,17,19,23-26H,6,9-13,15H2,1-5H3,(H,36,40);6-7,13,16-17,22-25H,8-12,14H2,1-5H3,(H,35,39);;;/q3*-1;;;/t17?,18-,20+,21?,24-,25-,26+,28-;17-,19+,23-,24-,25+,26-;16-,17+,22+,23+,24-,25+;;;/m110.../s1. The van der Waals surface area contributed by atoms with Gasteiger partial charge in [-0.3, -0.25) is 14.4 Å². The monoisotopic (exact) mass is 1920 g/mol. The first-order valence-electron chi connectivity index (χ1n) is 44.5. The molecule has 20 atom stereocenters. The third-order valence-electron chi connectivity index (χ3n) is 26.7. The molecule has 4 saturated carbocycles. The van der Waals surface area contributed by atoms with Crippen molar-refractivity contribution >= 4 is 88.0 Å². The molecule has 3 aromatic carbocycles. The van der Waals surface area contributed by atoms with Gasteiger partial charge in [-0.15, -0.1) is 0 Å². The van der Waals surface area contributed by atoms with E-state index in [1.165, 1.54) is 28.9 Å². The van der Waals surface area contributed by atoms with Crippen LogP contribution in [0.25, 0.3) is 33.1 Å². The summed E-state index contributed by atoms with van der Waals surface area (Å²) in [5, 5.41) is 8.18. The molecule has 0 spiro atoms. The first-order chi connectivity index (χ1) is 60.2. The fourth-order valence-corrected chi connectivity index (χ4v) is 18.5. The summed E-state index contributed by atoms with van der Waals surface area (Å²) in [5.41, 5.74) is 2.67. The second-order valence-electron chi connectivity index (χ2n) is 39.0. The molecule has 3 N–H and O–H groups in total. The van der Waals surface area contributed by atoms with E-state index in [1.807, 2.05) is 65.4 Å². The van der Waals surface area contributed by atoms with Crippen LogP contribution in [0.15, 0.2) is 54.6 Å². The predicted molar refractivity (Wildman–Crippen MR) is 456 cm³/mol. The molecule has 10 aliphatic rings. The number of nitrogens with one attached hydrogen (secondary N) is 3. The largest absolute Gasteiger partial charge is 0.540 e. The van der Waals surface area contributed by atoms with Crippen molar-refractivity contribution in [1.29, 1.82) is 0 Å². The number of alkyl carbamates (subject to hydrolysis) is 3. The van der Waals surface area contributed by atoms with Gasteiger partial charge in [-0.25, -0.2) is 80.7 Å². The third kappa shape index (κ3) is 23.5. The second-order valence-corrected chi connectivity index (χ2v) is 39.0. The fraction of sp³-hybridized carbons (Fsp3) is 0.645. The molecule has 6 aromatic rings. The van der Waals surface area contributed by atoms with Crippen LogP contribution in [0.3, 0.4) is 0 Å². The first-order valence-corrected chi connectivity index (χ1v) is 44.5. The molecular formula is C93H117F4N12O18V3-3. The van der Waals surface area contributed by atoms with Crippen molar-refractivity contribution in [2.45, 2.75) is 283 Å². The van der Waals surface area contributed by atoms with Gasteiger partial charge in [0.1, 0.15) is 89.1 Å². The number of fused-ring (bicyclic) bond motifs is 17. The molecule has 3 aromatic heterocycles. The van der Waals surface area contributed by atoms with Gasteiger partial charge in [0.15, 0.2) is 0 Å². The maximum atomic E-state index is 15.1. The average molecular weight is 1920 g/mol. The van der Waals surface area contributed by atoms with Gasteiger partial charge in [0, 0.05) is 118 Å². The number of methoxy groups -OCH3 is 3. The Morgan fingerprint density at radius 3 is 1.13 bits per heavy atom. The van der Waals surface area contributed by atoms with Gasteiger partial charge in [-0.1, -0.05) is 120 Å². The van der Waals surface area contributed by atoms with Crippen molar-refractivity contribution in [3.63, 3.8) is 0 Å². The van der Waals surface area contributed by atoms with Crippen molar-refractivity contribution in [3.05, 3.63) is 71.7 Å². The molecule has 9 heterocycles. The average Bonchev–Trinajstić information content (AvgIpc) is 1.58. The minimum absolute atomic E-state index is 0. The van der Waals surface area contributed by atoms with E-state index in [1.54, 1.807) is 92.0 Å². The van der Waals surface area contributed by atoms with Crippen LogP contribution in [-0.4, -0.2) is 225 Å². The normalized spacial score (nSPS) is 30.3. The molecule has 37 heteroatoms. The Bertz CT molecular complexity index is 5130. The first kappa shape index (κ1) is 102. The van der Waals surface area contributed by atoms with Crippen LogP contribution in [0.2, 0.25) is 0 Å². The minimum Gasteiger partial charge on any atom is -0.540 e. The molecule has 4 aliphatic carbocycles. The molecule has 16 rings (SSSR count). The van der Waals surface area contributed by atoms with Crippen LogP contribution in [0, 0.1) is 57.7 Å². The van der Waals surface area contributed by atoms with Crippen molar-refractivity contribution < 1.29 is 159 Å². The van der Waals surface area contributed by atoms with Crippen LogP contribution in [0.5, 0.6) is 34.9 Å². The van der Waals surface area contributed by atoms with Crippen LogP contribution in [-0.2, 0) is 111 Å². The molecule has 3 radical (unpaired) electrons. The summed E-state index contributed by atoms with van der Waals surface area (Å²) in [5.74, 6) is -5.36. The summed E-state index contributed by atoms with van der Waals surface area (Å²) < 4.78 is 112. The number of rotatable bonds is 8. The van der Waals surface area contributed by atoms with E-state index in [2.05, 4.69) is 42.2 Å². The van der Waals surface area contributed by atoms with E-state index in [-0.39, 0.29) is 173 Å². The summed E-state index contributed by atoms with van der Waals surface area (Å²) in [6.45, 7) is 22.2. The molecule has 3 saturated heterocycles. The Balaban J connectivity index is 0.000000186. The summed E-state index contributed by atoms with van der Waals surface area (Å²) in [6, 6.07) is 10.2. The zero-order valence-electron chi connectivity index (χ0n) is 76.1. The summed E-state index contributed by atoms with van der Waals surface area (Å²) in [4.78, 5) is 150. The van der Waals surface area contributed by atoms with Crippen molar-refractivity contribution in [3.8, 4) is 34.9 Å². The van der Waals surface area contributed by atoms with Crippen LogP contribution in [0.4, 0.5) is 31.9 Å². The second kappa shape index (κ2) is 41.4. The fourth-order valence-electron chi connectivity index (χ4n) is 18.5. The molecule has 6 bridgehead atoms. The number of hydrogen-bond acceptors (Lipinski definition) is 24. The zero-order valence-corrected chi connectivity index (χ0v) is 80.3. The summed E-state index contributed by atoms with van der Waals surface area (Å²) in [6.07, 6.45) is 6.54. The van der Waals surface area contributed by atoms with E-state index in [0.717, 1.165) is 43.3 Å². The topological polar surface area (TPSA) is 360 Å². The molecular weight excluding hydrogens is 1800 g/mol. The van der Waals surface area contributed by atoms with Gasteiger partial charge in [0.2, 0.25) is 47.2 Å². The Hall–Kier alpha value is -8.82. The minimum atomic E-state index is -2.98. The van der Waals surface area contributed by atoms with E-state index in [0.29, 0.717) is 88.2 Å². The van der Waals surface area contributed by atoms with Crippen LogP contribution in [0.1, 0.15) is 202 Å². The molecule has 130 heavy (non-hydrogen) atoms. The van der Waals surface area contributed by atoms with Gasteiger partial charge in [-0.05, 0) is 145 Å². The number of ether oxygens (including phenoxy) is 9. The van der Waals surface area contributed by atoms with Crippen molar-refractivity contribution in [1.82, 2.24) is 60.6 Å². The van der Waals surface area contributed by atoms with Gasteiger partial charge < -0.3 is 87.7 Å². The molecule has 6 aliphatic heterocycles. The molecule has 6 amide bonds. The summed E-state index contributed by atoms with van der Waals surface area (Å²) in [7, 11) is 4.66. The molecule has 2 unspecified atom stereocenters. The number of alkyl halides is 4. The van der Waals surface area contributed by atoms with Gasteiger partial charge in [-0.2, -0.15) is 0 Å². The Morgan fingerprint density at radius 2 is 0.762 bits per heavy atom. The number of carbonyl (C=O) groups is 6. The maximum Gasteiger partial charge on any atom is 0.408 e. The van der Waals surface area contributed by atoms with Gasteiger partial charge >= 0.3 is 18.3 Å². The van der Waals surface area contributed by atoms with E-state index in [9.17, 15) is 43.2 Å². The maximum absolute atomic E-state index is 15.1. The van der Waals surface area contributed by atoms with Gasteiger partial charge in [0.05, 0.1) is 74.1 Å². The zero-order chi connectivity index (χ0) is 91.3. The van der Waals surface area contributed by atoms with Crippen LogP contribution < -0.4 is 44.4 Å². The van der Waals surface area contributed by atoms with E-state index < -0.39 is 150 Å². The number of halogens is 4. The Labute approximate surface area is 790 Å². The molecule has 703 valence electrons. The van der Waals surface area contributed by atoms with Gasteiger partial charge in [0.25, 0.3) is 0 Å². The number of hydrogen-bond donors (Lipinski definition) is 3. The number of amides is 6. The number of nitrogens with zero attached hydrogens (tertiary/aromatic N) is 9. The number of aryl methyl sites for hydroxylation is 2. The van der Waals surface area contributed by atoms with Crippen LogP contribution >= 0.6 is 0 Å². The SMILES string of the molecule is CC[C@@H]1[C@@H]2CN(C(=O)[C@H](C(C)(C)C)NC(=O)O[C@@H]3C[C@H]3CCC(F)(F)CCc3nc4ccc(OC)cc4nc3O2)[C@@H]1[C-]=O.CC[C@@H]1[C@@H]2CN(C(=O)[C@H](C(C)(C)C)NC(=O)O[C@@H]3C[C@H]3CCCC3CC3c3nc4ccc(OC)cc4nc3O2)[C@@H]1[C-]=O.COc1ccc2nc3c(nc2c1)O[C@H]1CN(C(=O)[C@H](C(C)(C)C)NC(=O)O[C@@H]2C[C@H]2CCC(F)(F)CC3)[C@H]([C-]=O)[C@@H]1C.[V].[V].[V]. The summed E-state index contributed by atoms with van der Waals surface area (Å²) >= 11 is 0. The predicted octanol–water partition coefficient (Wildman–Crippen LogP) is 13.4. The number of carbonyl (C=O) groups excluding carboxylic acids is 9. The quantitative estimate of drug-likeness (QED) is 0.0724. The third-order valence-corrected chi connectivity index (χ3v) is 26.7. The van der Waals surface area contributed by atoms with Crippen molar-refractivity contribution in [2.75, 3.05) is 41.0 Å². The number of aromatic nitrogens is 6. The molecule has 30 nitrogen and oxygen atoms in total. The van der Waals surface area contributed by atoms with Crippen molar-refractivity contribution in [2.24, 2.45) is 57.7 Å². The molecule has 7 fully saturated rings. The Morgan fingerprint density at radius 1 is 0.423 bits per heavy atom. The van der Waals surface area contributed by atoms with E-state index in [4.69, 9.17) is 52.6 Å². The van der Waals surface area contributed by atoms with E-state index >= 15 is 17.6 Å². The number of benzene rings is 3. The Kier molecular flexibility index (Phi) is 32.4. The smallest absolute Gasteiger partial charge is 0.408 e.